The Kier molecular flexibility index (Phi) is 5.40. The SMILES string of the molecule is Cc1csc(=O)n1CCCC(=O)N[C@@H]1CCCC[C@@H]1C. The van der Waals surface area contributed by atoms with Crippen molar-refractivity contribution in [2.45, 2.75) is 65.0 Å². The van der Waals surface area contributed by atoms with Gasteiger partial charge in [0.25, 0.3) is 0 Å². The van der Waals surface area contributed by atoms with E-state index < -0.39 is 0 Å². The van der Waals surface area contributed by atoms with Crippen molar-refractivity contribution >= 4 is 17.2 Å². The van der Waals surface area contributed by atoms with Crippen molar-refractivity contribution in [1.29, 1.82) is 0 Å². The third-order valence-electron chi connectivity index (χ3n) is 4.22. The number of amides is 1. The highest BCUT2D eigenvalue weighted by Crippen LogP contribution is 2.23. The molecule has 0 radical (unpaired) electrons. The van der Waals surface area contributed by atoms with Gasteiger partial charge in [0, 0.05) is 30.1 Å². The summed E-state index contributed by atoms with van der Waals surface area (Å²) in [6.45, 7) is 4.79. The molecule has 1 aliphatic carbocycles. The number of carbonyl (C=O) groups excluding carboxylic acids is 1. The van der Waals surface area contributed by atoms with E-state index in [1.165, 1.54) is 30.6 Å². The maximum Gasteiger partial charge on any atom is 0.307 e. The fourth-order valence-corrected chi connectivity index (χ4v) is 3.64. The van der Waals surface area contributed by atoms with Crippen molar-refractivity contribution in [1.82, 2.24) is 9.88 Å². The molecule has 20 heavy (non-hydrogen) atoms. The number of hydrogen-bond acceptors (Lipinski definition) is 3. The van der Waals surface area contributed by atoms with E-state index in [-0.39, 0.29) is 10.8 Å². The molecule has 1 fully saturated rings. The van der Waals surface area contributed by atoms with E-state index in [1.54, 1.807) is 4.57 Å². The lowest BCUT2D eigenvalue weighted by Gasteiger charge is -2.29. The highest BCUT2D eigenvalue weighted by molar-refractivity contribution is 7.07. The van der Waals surface area contributed by atoms with Gasteiger partial charge in [-0.15, -0.1) is 0 Å². The number of aryl methyl sites for hydroxylation is 1. The lowest BCUT2D eigenvalue weighted by atomic mass is 9.86. The molecule has 0 bridgehead atoms. The van der Waals surface area contributed by atoms with Crippen LogP contribution in [0, 0.1) is 12.8 Å². The van der Waals surface area contributed by atoms with Crippen molar-refractivity contribution < 1.29 is 4.79 Å². The molecule has 1 amide bonds. The van der Waals surface area contributed by atoms with Crippen LogP contribution in [0.5, 0.6) is 0 Å². The molecule has 2 atom stereocenters. The number of nitrogens with one attached hydrogen (secondary N) is 1. The molecule has 1 heterocycles. The summed E-state index contributed by atoms with van der Waals surface area (Å²) >= 11 is 1.23. The zero-order valence-electron chi connectivity index (χ0n) is 12.4. The summed E-state index contributed by atoms with van der Waals surface area (Å²) < 4.78 is 1.75. The van der Waals surface area contributed by atoms with Gasteiger partial charge in [-0.3, -0.25) is 9.59 Å². The zero-order chi connectivity index (χ0) is 14.5. The van der Waals surface area contributed by atoms with Gasteiger partial charge in [-0.2, -0.15) is 0 Å². The molecule has 0 aliphatic heterocycles. The highest BCUT2D eigenvalue weighted by atomic mass is 32.1. The first-order valence-electron chi connectivity index (χ1n) is 7.52. The number of rotatable bonds is 5. The minimum Gasteiger partial charge on any atom is -0.353 e. The van der Waals surface area contributed by atoms with Crippen molar-refractivity contribution in [3.05, 3.63) is 20.7 Å². The standard InChI is InChI=1S/C15H24N2O2S/c1-11-6-3-4-7-13(11)16-14(18)8-5-9-17-12(2)10-20-15(17)19/h10-11,13H,3-9H2,1-2H3,(H,16,18)/t11-,13+/m0/s1. The molecule has 0 unspecified atom stereocenters. The Morgan fingerprint density at radius 2 is 2.20 bits per heavy atom. The number of carbonyl (C=O) groups is 1. The van der Waals surface area contributed by atoms with Gasteiger partial charge in [-0.1, -0.05) is 31.1 Å². The summed E-state index contributed by atoms with van der Waals surface area (Å²) in [7, 11) is 0. The average Bonchev–Trinajstić information content (AvgIpc) is 2.73. The summed E-state index contributed by atoms with van der Waals surface area (Å²) in [6.07, 6.45) is 6.06. The van der Waals surface area contributed by atoms with Crippen LogP contribution in [0.15, 0.2) is 10.2 Å². The van der Waals surface area contributed by atoms with Crippen LogP contribution in [0.1, 0.15) is 51.1 Å². The predicted molar refractivity (Wildman–Crippen MR) is 82.1 cm³/mol. The second-order valence-electron chi connectivity index (χ2n) is 5.83. The summed E-state index contributed by atoms with van der Waals surface area (Å²) in [4.78, 5) is 23.6. The molecule has 0 aromatic carbocycles. The van der Waals surface area contributed by atoms with Crippen LogP contribution in [0.3, 0.4) is 0 Å². The van der Waals surface area contributed by atoms with E-state index >= 15 is 0 Å². The second-order valence-corrected chi connectivity index (χ2v) is 6.65. The molecule has 2 rings (SSSR count). The fourth-order valence-electron chi connectivity index (χ4n) is 2.88. The van der Waals surface area contributed by atoms with Gasteiger partial charge in [0.1, 0.15) is 0 Å². The Labute approximate surface area is 124 Å². The smallest absolute Gasteiger partial charge is 0.307 e. The molecule has 1 N–H and O–H groups in total. The Bertz CT molecular complexity index is 506. The molecule has 0 saturated heterocycles. The molecular formula is C15H24N2O2S. The van der Waals surface area contributed by atoms with Gasteiger partial charge < -0.3 is 9.88 Å². The fraction of sp³-hybridized carbons (Fsp3) is 0.733. The average molecular weight is 296 g/mol. The van der Waals surface area contributed by atoms with Crippen LogP contribution in [-0.2, 0) is 11.3 Å². The first-order chi connectivity index (χ1) is 9.58. The first-order valence-corrected chi connectivity index (χ1v) is 8.40. The molecule has 4 nitrogen and oxygen atoms in total. The summed E-state index contributed by atoms with van der Waals surface area (Å²) in [5.74, 6) is 0.721. The van der Waals surface area contributed by atoms with Gasteiger partial charge in [0.15, 0.2) is 0 Å². The summed E-state index contributed by atoms with van der Waals surface area (Å²) in [6, 6.07) is 0.349. The molecule has 5 heteroatoms. The maximum atomic E-state index is 12.0. The Balaban J connectivity index is 1.74. The number of nitrogens with zero attached hydrogens (tertiary/aromatic N) is 1. The van der Waals surface area contributed by atoms with E-state index in [9.17, 15) is 9.59 Å². The van der Waals surface area contributed by atoms with Gasteiger partial charge in [-0.25, -0.2) is 0 Å². The number of thiazole rings is 1. The van der Waals surface area contributed by atoms with Crippen LogP contribution < -0.4 is 10.2 Å². The minimum atomic E-state index is 0.0730. The molecule has 112 valence electrons. The highest BCUT2D eigenvalue weighted by Gasteiger charge is 2.22. The maximum absolute atomic E-state index is 12.0. The minimum absolute atomic E-state index is 0.0730. The van der Waals surface area contributed by atoms with Crippen molar-refractivity contribution in [2.24, 2.45) is 5.92 Å². The predicted octanol–water partition coefficient (Wildman–Crippen LogP) is 2.69. The number of hydrogen-bond donors (Lipinski definition) is 1. The van der Waals surface area contributed by atoms with Crippen molar-refractivity contribution in [3.8, 4) is 0 Å². The zero-order valence-corrected chi connectivity index (χ0v) is 13.2. The molecule has 1 aromatic rings. The van der Waals surface area contributed by atoms with Crippen molar-refractivity contribution in [2.75, 3.05) is 0 Å². The lowest BCUT2D eigenvalue weighted by molar-refractivity contribution is -0.122. The van der Waals surface area contributed by atoms with E-state index in [1.807, 2.05) is 12.3 Å². The van der Waals surface area contributed by atoms with Gasteiger partial charge in [-0.05, 0) is 32.1 Å². The van der Waals surface area contributed by atoms with E-state index in [2.05, 4.69) is 12.2 Å². The summed E-state index contributed by atoms with van der Waals surface area (Å²) in [5, 5.41) is 5.02. The van der Waals surface area contributed by atoms with Gasteiger partial charge in [0.2, 0.25) is 5.91 Å². The summed E-state index contributed by atoms with van der Waals surface area (Å²) in [5.41, 5.74) is 0.987. The molecular weight excluding hydrogens is 272 g/mol. The monoisotopic (exact) mass is 296 g/mol. The third-order valence-corrected chi connectivity index (χ3v) is 5.10. The van der Waals surface area contributed by atoms with Crippen LogP contribution in [0.4, 0.5) is 0 Å². The van der Waals surface area contributed by atoms with E-state index in [4.69, 9.17) is 0 Å². The van der Waals surface area contributed by atoms with Crippen molar-refractivity contribution in [3.63, 3.8) is 0 Å². The van der Waals surface area contributed by atoms with E-state index in [0.717, 1.165) is 18.5 Å². The van der Waals surface area contributed by atoms with Crippen LogP contribution in [-0.4, -0.2) is 16.5 Å². The third kappa shape index (κ3) is 3.95. The van der Waals surface area contributed by atoms with E-state index in [0.29, 0.717) is 24.9 Å². The lowest BCUT2D eigenvalue weighted by Crippen LogP contribution is -2.41. The molecule has 0 spiro atoms. The normalized spacial score (nSPS) is 22.7. The molecule has 1 aliphatic rings. The Hall–Kier alpha value is -1.10. The molecule has 1 aromatic heterocycles. The first kappa shape index (κ1) is 15.3. The van der Waals surface area contributed by atoms with Gasteiger partial charge >= 0.3 is 4.87 Å². The molecule has 1 saturated carbocycles. The number of aromatic nitrogens is 1. The van der Waals surface area contributed by atoms with Crippen LogP contribution >= 0.6 is 11.3 Å². The largest absolute Gasteiger partial charge is 0.353 e. The van der Waals surface area contributed by atoms with Crippen LogP contribution in [0.2, 0.25) is 0 Å². The Morgan fingerprint density at radius 3 is 2.85 bits per heavy atom. The second kappa shape index (κ2) is 7.07. The quantitative estimate of drug-likeness (QED) is 0.908. The van der Waals surface area contributed by atoms with Gasteiger partial charge in [0.05, 0.1) is 0 Å². The van der Waals surface area contributed by atoms with Crippen LogP contribution in [0.25, 0.3) is 0 Å². The topological polar surface area (TPSA) is 51.1 Å². The Morgan fingerprint density at radius 1 is 1.45 bits per heavy atom.